The Morgan fingerprint density at radius 1 is 1.32 bits per heavy atom. The number of carbonyl (C=O) groups is 2. The molecule has 2 aromatic rings. The molecule has 1 aromatic carbocycles. The summed E-state index contributed by atoms with van der Waals surface area (Å²) in [6.45, 7) is 3.70. The molecule has 2 heterocycles. The molecule has 0 saturated carbocycles. The lowest BCUT2D eigenvalue weighted by atomic mass is 10.1. The maximum absolute atomic E-state index is 12.5. The van der Waals surface area contributed by atoms with E-state index >= 15 is 0 Å². The first-order valence-corrected chi connectivity index (χ1v) is 8.64. The van der Waals surface area contributed by atoms with Crippen LogP contribution in [0.4, 0.5) is 5.69 Å². The molecule has 0 aliphatic carbocycles. The van der Waals surface area contributed by atoms with Crippen LogP contribution in [-0.4, -0.2) is 33.3 Å². The molecule has 28 heavy (non-hydrogen) atoms. The number of benzene rings is 1. The number of furan rings is 1. The minimum atomic E-state index is -0.637. The summed E-state index contributed by atoms with van der Waals surface area (Å²) in [6, 6.07) is 7.10. The van der Waals surface area contributed by atoms with Crippen LogP contribution in [0.15, 0.2) is 53.0 Å². The van der Waals surface area contributed by atoms with Gasteiger partial charge in [-0.05, 0) is 36.5 Å². The number of halogens is 1. The van der Waals surface area contributed by atoms with Crippen molar-refractivity contribution in [3.05, 3.63) is 69.5 Å². The topological polar surface area (TPSA) is 106 Å². The highest BCUT2D eigenvalue weighted by atomic mass is 35.5. The van der Waals surface area contributed by atoms with Gasteiger partial charge in [0.2, 0.25) is 0 Å². The van der Waals surface area contributed by atoms with E-state index in [2.05, 4.69) is 11.9 Å². The third-order valence-electron chi connectivity index (χ3n) is 3.84. The predicted molar refractivity (Wildman–Crippen MR) is 106 cm³/mol. The maximum atomic E-state index is 12.5. The van der Waals surface area contributed by atoms with E-state index in [4.69, 9.17) is 28.2 Å². The van der Waals surface area contributed by atoms with Gasteiger partial charge >= 0.3 is 0 Å². The van der Waals surface area contributed by atoms with Crippen LogP contribution in [0.3, 0.4) is 0 Å². The van der Waals surface area contributed by atoms with Crippen LogP contribution in [0.1, 0.15) is 5.76 Å². The summed E-state index contributed by atoms with van der Waals surface area (Å²) in [5.74, 6) is -0.648. The van der Waals surface area contributed by atoms with E-state index in [-0.39, 0.29) is 33.7 Å². The molecule has 1 fully saturated rings. The normalized spacial score (nSPS) is 15.7. The highest BCUT2D eigenvalue weighted by molar-refractivity contribution is 7.80. The van der Waals surface area contributed by atoms with Crippen LogP contribution in [0.25, 0.3) is 17.4 Å². The fourth-order valence-corrected chi connectivity index (χ4v) is 3.04. The number of non-ortho nitro benzene ring substituents is 1. The highest BCUT2D eigenvalue weighted by Gasteiger charge is 2.32. The fraction of sp³-hybridized carbons (Fsp3) is 0.0556. The number of hydrogen-bond donors (Lipinski definition) is 1. The number of thiocarbonyl (C=S) groups is 1. The summed E-state index contributed by atoms with van der Waals surface area (Å²) in [6.07, 6.45) is 2.78. The standard InChI is InChI=1S/C18H12ClN3O5S/c1-2-7-21-17(24)13(16(23)20-18(21)28)9-11-4-6-15(27-11)12-5-3-10(22(25)26)8-14(12)19/h2-6,8-9H,1,7H2,(H,20,23,28). The Morgan fingerprint density at radius 2 is 2.07 bits per heavy atom. The van der Waals surface area contributed by atoms with Gasteiger partial charge in [-0.3, -0.25) is 29.9 Å². The van der Waals surface area contributed by atoms with E-state index < -0.39 is 16.7 Å². The summed E-state index contributed by atoms with van der Waals surface area (Å²) in [5, 5.41) is 13.4. The van der Waals surface area contributed by atoms with Crippen molar-refractivity contribution >= 4 is 52.5 Å². The molecule has 0 bridgehead atoms. The lowest BCUT2D eigenvalue weighted by Crippen LogP contribution is -2.53. The summed E-state index contributed by atoms with van der Waals surface area (Å²) < 4.78 is 5.64. The van der Waals surface area contributed by atoms with Gasteiger partial charge in [0.05, 0.1) is 9.95 Å². The first-order valence-electron chi connectivity index (χ1n) is 7.85. The lowest BCUT2D eigenvalue weighted by molar-refractivity contribution is -0.384. The Bertz CT molecular complexity index is 1060. The molecule has 1 N–H and O–H groups in total. The molecule has 0 spiro atoms. The Balaban J connectivity index is 1.92. The zero-order valence-electron chi connectivity index (χ0n) is 14.2. The van der Waals surface area contributed by atoms with Gasteiger partial charge in [0.15, 0.2) is 5.11 Å². The van der Waals surface area contributed by atoms with Crippen molar-refractivity contribution in [2.75, 3.05) is 6.54 Å². The lowest BCUT2D eigenvalue weighted by Gasteiger charge is -2.27. The third-order valence-corrected chi connectivity index (χ3v) is 4.47. The summed E-state index contributed by atoms with van der Waals surface area (Å²) >= 11 is 11.1. The Morgan fingerprint density at radius 3 is 2.71 bits per heavy atom. The zero-order chi connectivity index (χ0) is 20.4. The molecule has 142 valence electrons. The molecule has 1 aliphatic rings. The molecule has 1 saturated heterocycles. The van der Waals surface area contributed by atoms with Crippen molar-refractivity contribution in [2.45, 2.75) is 0 Å². The average molecular weight is 418 g/mol. The summed E-state index contributed by atoms with van der Waals surface area (Å²) in [7, 11) is 0. The second-order valence-electron chi connectivity index (χ2n) is 5.64. The van der Waals surface area contributed by atoms with Crippen LogP contribution in [0.2, 0.25) is 5.02 Å². The Labute approximate surface area is 169 Å². The van der Waals surface area contributed by atoms with Gasteiger partial charge in [-0.2, -0.15) is 0 Å². The van der Waals surface area contributed by atoms with Crippen molar-refractivity contribution < 1.29 is 18.9 Å². The van der Waals surface area contributed by atoms with Gasteiger partial charge in [0, 0.05) is 24.2 Å². The first-order chi connectivity index (χ1) is 13.3. The molecule has 1 aromatic heterocycles. The van der Waals surface area contributed by atoms with Crippen molar-refractivity contribution in [1.82, 2.24) is 10.2 Å². The number of nitrogens with one attached hydrogen (secondary N) is 1. The minimum Gasteiger partial charge on any atom is -0.457 e. The van der Waals surface area contributed by atoms with Crippen LogP contribution >= 0.6 is 23.8 Å². The van der Waals surface area contributed by atoms with E-state index in [1.165, 1.54) is 35.3 Å². The number of rotatable bonds is 5. The smallest absolute Gasteiger partial charge is 0.270 e. The molecule has 0 atom stereocenters. The van der Waals surface area contributed by atoms with E-state index in [1.54, 1.807) is 12.1 Å². The molecule has 10 heteroatoms. The monoisotopic (exact) mass is 417 g/mol. The number of nitro groups is 1. The highest BCUT2D eigenvalue weighted by Crippen LogP contribution is 2.32. The number of nitrogens with zero attached hydrogens (tertiary/aromatic N) is 2. The third kappa shape index (κ3) is 3.71. The molecular formula is C18H12ClN3O5S. The van der Waals surface area contributed by atoms with Gasteiger partial charge in [-0.25, -0.2) is 0 Å². The van der Waals surface area contributed by atoms with Crippen molar-refractivity contribution in [2.24, 2.45) is 0 Å². The van der Waals surface area contributed by atoms with Gasteiger partial charge in [-0.1, -0.05) is 17.7 Å². The second kappa shape index (κ2) is 7.75. The number of carbonyl (C=O) groups excluding carboxylic acids is 2. The first kappa shape index (κ1) is 19.5. The van der Waals surface area contributed by atoms with Crippen molar-refractivity contribution in [1.29, 1.82) is 0 Å². The largest absolute Gasteiger partial charge is 0.457 e. The zero-order valence-corrected chi connectivity index (χ0v) is 15.7. The Kier molecular flexibility index (Phi) is 5.39. The quantitative estimate of drug-likeness (QED) is 0.200. The molecule has 8 nitrogen and oxygen atoms in total. The van der Waals surface area contributed by atoms with Gasteiger partial charge in [-0.15, -0.1) is 6.58 Å². The maximum Gasteiger partial charge on any atom is 0.270 e. The molecule has 1 aliphatic heterocycles. The Hall–Kier alpha value is -3.30. The van der Waals surface area contributed by atoms with Gasteiger partial charge in [0.25, 0.3) is 17.5 Å². The van der Waals surface area contributed by atoms with Crippen LogP contribution < -0.4 is 5.32 Å². The number of amides is 2. The van der Waals surface area contributed by atoms with E-state index in [1.807, 2.05) is 0 Å². The van der Waals surface area contributed by atoms with Gasteiger partial charge < -0.3 is 4.42 Å². The van der Waals surface area contributed by atoms with E-state index in [0.29, 0.717) is 11.3 Å². The fourth-order valence-electron chi connectivity index (χ4n) is 2.52. The number of hydrogen-bond acceptors (Lipinski definition) is 6. The molecule has 3 rings (SSSR count). The van der Waals surface area contributed by atoms with Crippen molar-refractivity contribution in [3.8, 4) is 11.3 Å². The van der Waals surface area contributed by atoms with E-state index in [0.717, 1.165) is 0 Å². The minimum absolute atomic E-state index is 0.00449. The molecule has 2 amide bonds. The molecule has 0 unspecified atom stereocenters. The predicted octanol–water partition coefficient (Wildman–Crippen LogP) is 3.32. The number of nitro benzene ring substituents is 1. The van der Waals surface area contributed by atoms with Gasteiger partial charge in [0.1, 0.15) is 17.1 Å². The van der Waals surface area contributed by atoms with E-state index in [9.17, 15) is 19.7 Å². The van der Waals surface area contributed by atoms with Crippen LogP contribution in [-0.2, 0) is 9.59 Å². The van der Waals surface area contributed by atoms with Crippen LogP contribution in [0.5, 0.6) is 0 Å². The second-order valence-corrected chi connectivity index (χ2v) is 6.44. The molecular weight excluding hydrogens is 406 g/mol. The molecule has 0 radical (unpaired) electrons. The summed E-state index contributed by atoms with van der Waals surface area (Å²) in [4.78, 5) is 36.1. The van der Waals surface area contributed by atoms with Crippen LogP contribution in [0, 0.1) is 10.1 Å². The summed E-state index contributed by atoms with van der Waals surface area (Å²) in [5.41, 5.74) is 0.141. The van der Waals surface area contributed by atoms with Crippen molar-refractivity contribution in [3.63, 3.8) is 0 Å². The SMILES string of the molecule is C=CCN1C(=O)C(=Cc2ccc(-c3ccc([N+](=O)[O-])cc3Cl)o2)C(=O)NC1=S. The average Bonchev–Trinajstić information content (AvgIpc) is 3.10.